The predicted octanol–water partition coefficient (Wildman–Crippen LogP) is -0.264. The van der Waals surface area contributed by atoms with Gasteiger partial charge in [-0.05, 0) is 25.7 Å². The van der Waals surface area contributed by atoms with E-state index in [1.54, 1.807) is 0 Å². The van der Waals surface area contributed by atoms with Gasteiger partial charge < -0.3 is 38.1 Å². The molecule has 4 unspecified atom stereocenters. The molecule has 1 saturated carbocycles. The third-order valence-electron chi connectivity index (χ3n) is 6.40. The summed E-state index contributed by atoms with van der Waals surface area (Å²) in [6.07, 6.45) is 9.03. The van der Waals surface area contributed by atoms with Gasteiger partial charge in [-0.15, -0.1) is 0 Å². The Morgan fingerprint density at radius 3 is 1.50 bits per heavy atom. The van der Waals surface area contributed by atoms with Gasteiger partial charge >= 0.3 is 0 Å². The summed E-state index contributed by atoms with van der Waals surface area (Å²) >= 11 is 0. The second-order valence-corrected chi connectivity index (χ2v) is 9.41. The van der Waals surface area contributed by atoms with Crippen LogP contribution in [-0.2, 0) is 0 Å². The fourth-order valence-corrected chi connectivity index (χ4v) is 4.99. The molecular weight excluding hydrogens is 380 g/mol. The third-order valence-corrected chi connectivity index (χ3v) is 6.40. The molecule has 0 radical (unpaired) electrons. The van der Waals surface area contributed by atoms with Crippen molar-refractivity contribution in [1.29, 1.82) is 0 Å². The van der Waals surface area contributed by atoms with Crippen LogP contribution >= 0.6 is 0 Å². The molecule has 0 spiro atoms. The Hall–Kier alpha value is -1.75. The van der Waals surface area contributed by atoms with Gasteiger partial charge in [-0.3, -0.25) is 0 Å². The van der Waals surface area contributed by atoms with Gasteiger partial charge in [-0.2, -0.15) is 15.0 Å². The van der Waals surface area contributed by atoms with Crippen molar-refractivity contribution in [3.63, 3.8) is 0 Å². The lowest BCUT2D eigenvalue weighted by Gasteiger charge is -2.37. The van der Waals surface area contributed by atoms with E-state index in [4.69, 9.17) is 37.9 Å². The second-order valence-electron chi connectivity index (χ2n) is 9.41. The highest BCUT2D eigenvalue weighted by Gasteiger charge is 2.29. The summed E-state index contributed by atoms with van der Waals surface area (Å²) in [6.45, 7) is 2.77. The Balaban J connectivity index is 1.61. The van der Waals surface area contributed by atoms with Crippen molar-refractivity contribution in [3.05, 3.63) is 0 Å². The number of nitrogens with zero attached hydrogens (tertiary/aromatic N) is 5. The van der Waals surface area contributed by atoms with Crippen molar-refractivity contribution in [3.8, 4) is 0 Å². The lowest BCUT2D eigenvalue weighted by Crippen LogP contribution is -2.54. The molecule has 0 aromatic carbocycles. The fourth-order valence-electron chi connectivity index (χ4n) is 4.99. The number of rotatable bonds is 4. The molecule has 0 amide bonds. The Bertz CT molecular complexity index is 628. The van der Waals surface area contributed by atoms with Crippen molar-refractivity contribution >= 4 is 17.8 Å². The molecule has 3 aliphatic rings. The van der Waals surface area contributed by atoms with E-state index in [-0.39, 0.29) is 24.2 Å². The van der Waals surface area contributed by atoms with Crippen LogP contribution < -0.4 is 38.1 Å². The molecule has 4 rings (SSSR count). The number of piperidine rings is 2. The minimum absolute atomic E-state index is 0.0177. The van der Waals surface area contributed by atoms with Crippen LogP contribution in [0, 0.1) is 0 Å². The summed E-state index contributed by atoms with van der Waals surface area (Å²) in [4.78, 5) is 18.5. The van der Waals surface area contributed by atoms with Gasteiger partial charge in [0, 0.05) is 56.4 Å². The molecule has 0 bridgehead atoms. The highest BCUT2D eigenvalue weighted by Crippen LogP contribution is 2.24. The zero-order chi connectivity index (χ0) is 21.1. The summed E-state index contributed by atoms with van der Waals surface area (Å²) < 4.78 is 0. The molecule has 1 aromatic rings. The Labute approximate surface area is 179 Å². The van der Waals surface area contributed by atoms with Crippen molar-refractivity contribution in [2.24, 2.45) is 22.9 Å². The van der Waals surface area contributed by atoms with Crippen LogP contribution in [0.15, 0.2) is 0 Å². The highest BCUT2D eigenvalue weighted by atomic mass is 15.4. The molecule has 30 heavy (non-hydrogen) atoms. The van der Waals surface area contributed by atoms with Crippen molar-refractivity contribution in [2.75, 3.05) is 41.3 Å². The summed E-state index contributed by atoms with van der Waals surface area (Å²) in [5.41, 5.74) is 24.9. The lowest BCUT2D eigenvalue weighted by atomic mass is 10.0. The summed E-state index contributed by atoms with van der Waals surface area (Å²) in [5.74, 6) is 1.89. The van der Waals surface area contributed by atoms with E-state index in [1.807, 2.05) is 0 Å². The van der Waals surface area contributed by atoms with Gasteiger partial charge in [0.2, 0.25) is 17.8 Å². The SMILES string of the molecule is NC1CC(N)CN(c2nc(NC3CCCCCC3)nc(N3CC(N)CC(N)C3)n2)C1. The lowest BCUT2D eigenvalue weighted by molar-refractivity contribution is 0.441. The third kappa shape index (κ3) is 5.48. The molecule has 2 saturated heterocycles. The van der Waals surface area contributed by atoms with E-state index in [0.717, 1.165) is 25.7 Å². The van der Waals surface area contributed by atoms with E-state index >= 15 is 0 Å². The molecule has 3 heterocycles. The van der Waals surface area contributed by atoms with Gasteiger partial charge in [0.15, 0.2) is 0 Å². The van der Waals surface area contributed by atoms with E-state index in [1.165, 1.54) is 25.7 Å². The molecule has 1 aliphatic carbocycles. The maximum atomic E-state index is 6.22. The quantitative estimate of drug-likeness (QED) is 0.412. The maximum absolute atomic E-state index is 6.22. The van der Waals surface area contributed by atoms with Crippen LogP contribution in [0.2, 0.25) is 0 Å². The standard InChI is InChI=1S/C20H38N10/c21-13-7-14(22)10-29(9-13)19-26-18(25-17-5-3-1-2-4-6-17)27-20(28-19)30-11-15(23)8-16(24)12-30/h13-17H,1-12,21-24H2,(H,25,26,27,28). The first-order valence-corrected chi connectivity index (χ1v) is 11.5. The minimum atomic E-state index is 0.0177. The molecule has 3 fully saturated rings. The molecule has 9 N–H and O–H groups in total. The summed E-state index contributed by atoms with van der Waals surface area (Å²) in [5, 5.41) is 3.58. The molecule has 10 heteroatoms. The van der Waals surface area contributed by atoms with Crippen molar-refractivity contribution in [1.82, 2.24) is 15.0 Å². The topological polar surface area (TPSA) is 161 Å². The number of anilines is 3. The Morgan fingerprint density at radius 2 is 1.07 bits per heavy atom. The molecule has 1 aromatic heterocycles. The van der Waals surface area contributed by atoms with Crippen molar-refractivity contribution in [2.45, 2.75) is 81.6 Å². The zero-order valence-electron chi connectivity index (χ0n) is 17.9. The first-order valence-electron chi connectivity index (χ1n) is 11.5. The number of hydrogen-bond acceptors (Lipinski definition) is 10. The van der Waals surface area contributed by atoms with E-state index in [0.29, 0.717) is 50.1 Å². The molecule has 168 valence electrons. The van der Waals surface area contributed by atoms with Gasteiger partial charge in [0.05, 0.1) is 0 Å². The number of nitrogens with two attached hydrogens (primary N) is 4. The monoisotopic (exact) mass is 418 g/mol. The van der Waals surface area contributed by atoms with Crippen LogP contribution in [0.1, 0.15) is 51.4 Å². The Morgan fingerprint density at radius 1 is 0.633 bits per heavy atom. The summed E-state index contributed by atoms with van der Waals surface area (Å²) in [7, 11) is 0. The van der Waals surface area contributed by atoms with Crippen LogP contribution in [0.25, 0.3) is 0 Å². The predicted molar refractivity (Wildman–Crippen MR) is 121 cm³/mol. The molecule has 2 aliphatic heterocycles. The first-order chi connectivity index (χ1) is 14.5. The normalized spacial score (nSPS) is 31.5. The zero-order valence-corrected chi connectivity index (χ0v) is 17.9. The average molecular weight is 419 g/mol. The second kappa shape index (κ2) is 9.59. The highest BCUT2D eigenvalue weighted by molar-refractivity contribution is 5.47. The number of hydrogen-bond donors (Lipinski definition) is 5. The molecule has 10 nitrogen and oxygen atoms in total. The summed E-state index contributed by atoms with van der Waals surface area (Å²) in [6, 6.07) is 0.466. The minimum Gasteiger partial charge on any atom is -0.351 e. The van der Waals surface area contributed by atoms with Gasteiger partial charge in [-0.1, -0.05) is 25.7 Å². The smallest absolute Gasteiger partial charge is 0.232 e. The van der Waals surface area contributed by atoms with Crippen LogP contribution in [0.4, 0.5) is 17.8 Å². The molecule has 4 atom stereocenters. The van der Waals surface area contributed by atoms with Crippen molar-refractivity contribution < 1.29 is 0 Å². The van der Waals surface area contributed by atoms with Crippen LogP contribution in [0.3, 0.4) is 0 Å². The van der Waals surface area contributed by atoms with E-state index < -0.39 is 0 Å². The van der Waals surface area contributed by atoms with Gasteiger partial charge in [0.25, 0.3) is 0 Å². The number of nitrogens with one attached hydrogen (secondary N) is 1. The number of aromatic nitrogens is 3. The van der Waals surface area contributed by atoms with Gasteiger partial charge in [-0.25, -0.2) is 0 Å². The average Bonchev–Trinajstić information content (AvgIpc) is 2.95. The van der Waals surface area contributed by atoms with Crippen LogP contribution in [0.5, 0.6) is 0 Å². The first kappa shape index (κ1) is 21.5. The van der Waals surface area contributed by atoms with E-state index in [9.17, 15) is 0 Å². The van der Waals surface area contributed by atoms with E-state index in [2.05, 4.69) is 15.1 Å². The molecular formula is C20H38N10. The van der Waals surface area contributed by atoms with Gasteiger partial charge in [0.1, 0.15) is 0 Å². The largest absolute Gasteiger partial charge is 0.351 e. The van der Waals surface area contributed by atoms with Crippen LogP contribution in [-0.4, -0.2) is 71.3 Å². The Kier molecular flexibility index (Phi) is 6.87. The fraction of sp³-hybridized carbons (Fsp3) is 0.850. The maximum Gasteiger partial charge on any atom is 0.232 e.